The molecule has 1 aliphatic rings. The van der Waals surface area contributed by atoms with E-state index < -0.39 is 0 Å². The molecule has 1 heterocycles. The Labute approximate surface area is 95.4 Å². The molecule has 1 fully saturated rings. The van der Waals surface area contributed by atoms with Crippen LogP contribution in [0.1, 0.15) is 12.0 Å². The second kappa shape index (κ2) is 4.97. The molecule has 2 atom stereocenters. The summed E-state index contributed by atoms with van der Waals surface area (Å²) >= 11 is 5.83. The fraction of sp³-hybridized carbons (Fsp3) is 0.500. The van der Waals surface area contributed by atoms with Gasteiger partial charge in [0.15, 0.2) is 0 Å². The maximum absolute atomic E-state index is 6.05. The van der Waals surface area contributed by atoms with Gasteiger partial charge in [-0.05, 0) is 30.5 Å². The molecule has 1 aliphatic heterocycles. The summed E-state index contributed by atoms with van der Waals surface area (Å²) < 4.78 is 5.44. The van der Waals surface area contributed by atoms with Crippen molar-refractivity contribution in [2.24, 2.45) is 11.7 Å². The van der Waals surface area contributed by atoms with E-state index in [2.05, 4.69) is 12.1 Å². The van der Waals surface area contributed by atoms with E-state index >= 15 is 0 Å². The first kappa shape index (κ1) is 10.9. The molecule has 0 radical (unpaired) electrons. The Hall–Kier alpha value is -0.570. The van der Waals surface area contributed by atoms with Crippen LogP contribution in [0, 0.1) is 5.92 Å². The van der Waals surface area contributed by atoms with E-state index in [-0.39, 0.29) is 6.04 Å². The second-order valence-electron chi connectivity index (χ2n) is 4.12. The van der Waals surface area contributed by atoms with E-state index in [9.17, 15) is 0 Å². The van der Waals surface area contributed by atoms with Crippen molar-refractivity contribution in [3.63, 3.8) is 0 Å². The number of hydrogen-bond donors (Lipinski definition) is 1. The molecule has 1 aromatic carbocycles. The van der Waals surface area contributed by atoms with Crippen molar-refractivity contribution in [3.8, 4) is 0 Å². The van der Waals surface area contributed by atoms with Gasteiger partial charge in [0.25, 0.3) is 0 Å². The molecule has 0 unspecified atom stereocenters. The van der Waals surface area contributed by atoms with Gasteiger partial charge in [0, 0.05) is 23.6 Å². The average Bonchev–Trinajstić information content (AvgIpc) is 2.25. The Morgan fingerprint density at radius 3 is 2.73 bits per heavy atom. The third kappa shape index (κ3) is 2.94. The molecule has 0 spiro atoms. The van der Waals surface area contributed by atoms with Gasteiger partial charge in [-0.1, -0.05) is 23.7 Å². The highest BCUT2D eigenvalue weighted by Crippen LogP contribution is 2.19. The predicted octanol–water partition coefficient (Wildman–Crippen LogP) is 2.25. The molecule has 0 aliphatic carbocycles. The quantitative estimate of drug-likeness (QED) is 0.838. The Kier molecular flexibility index (Phi) is 3.62. The van der Waals surface area contributed by atoms with Crippen LogP contribution in [-0.4, -0.2) is 19.3 Å². The molecule has 0 saturated carbocycles. The van der Waals surface area contributed by atoms with Crippen molar-refractivity contribution in [2.45, 2.75) is 18.9 Å². The minimum atomic E-state index is 0.273. The molecule has 15 heavy (non-hydrogen) atoms. The summed E-state index contributed by atoms with van der Waals surface area (Å²) in [7, 11) is 0. The second-order valence-corrected chi connectivity index (χ2v) is 4.55. The SMILES string of the molecule is N[C@@H]1CCOC[C@H]1Cc1ccc(Cl)cc1. The van der Waals surface area contributed by atoms with Crippen LogP contribution in [0.4, 0.5) is 0 Å². The maximum atomic E-state index is 6.05. The number of halogens is 1. The van der Waals surface area contributed by atoms with Crippen LogP contribution in [0.25, 0.3) is 0 Å². The molecular weight excluding hydrogens is 210 g/mol. The lowest BCUT2D eigenvalue weighted by Gasteiger charge is -2.28. The lowest BCUT2D eigenvalue weighted by atomic mass is 9.90. The lowest BCUT2D eigenvalue weighted by Crippen LogP contribution is -2.39. The van der Waals surface area contributed by atoms with Gasteiger partial charge >= 0.3 is 0 Å². The highest BCUT2D eigenvalue weighted by Gasteiger charge is 2.22. The normalized spacial score (nSPS) is 26.5. The zero-order valence-electron chi connectivity index (χ0n) is 8.66. The third-order valence-electron chi connectivity index (χ3n) is 2.94. The zero-order valence-corrected chi connectivity index (χ0v) is 9.41. The van der Waals surface area contributed by atoms with Crippen molar-refractivity contribution in [3.05, 3.63) is 34.9 Å². The number of benzene rings is 1. The summed E-state index contributed by atoms with van der Waals surface area (Å²) in [5.74, 6) is 0.444. The Bertz CT molecular complexity index is 312. The minimum Gasteiger partial charge on any atom is -0.381 e. The molecule has 3 heteroatoms. The molecule has 2 rings (SSSR count). The van der Waals surface area contributed by atoms with Crippen LogP contribution < -0.4 is 5.73 Å². The molecule has 82 valence electrons. The van der Waals surface area contributed by atoms with Crippen molar-refractivity contribution in [2.75, 3.05) is 13.2 Å². The van der Waals surface area contributed by atoms with E-state index in [1.807, 2.05) is 12.1 Å². The van der Waals surface area contributed by atoms with E-state index in [1.54, 1.807) is 0 Å². The van der Waals surface area contributed by atoms with Gasteiger partial charge in [0.05, 0.1) is 6.61 Å². The monoisotopic (exact) mass is 225 g/mol. The Morgan fingerprint density at radius 1 is 1.33 bits per heavy atom. The van der Waals surface area contributed by atoms with Gasteiger partial charge in [-0.15, -0.1) is 0 Å². The molecule has 0 aromatic heterocycles. The molecule has 1 saturated heterocycles. The van der Waals surface area contributed by atoms with Crippen molar-refractivity contribution in [1.29, 1.82) is 0 Å². The third-order valence-corrected chi connectivity index (χ3v) is 3.20. The molecule has 2 nitrogen and oxygen atoms in total. The van der Waals surface area contributed by atoms with Gasteiger partial charge < -0.3 is 10.5 Å². The number of ether oxygens (including phenoxy) is 1. The summed E-state index contributed by atoms with van der Waals surface area (Å²) in [4.78, 5) is 0. The molecule has 0 amide bonds. The van der Waals surface area contributed by atoms with E-state index in [0.717, 1.165) is 31.1 Å². The molecular formula is C12H16ClNO. The van der Waals surface area contributed by atoms with E-state index in [0.29, 0.717) is 5.92 Å². The number of rotatable bonds is 2. The van der Waals surface area contributed by atoms with Gasteiger partial charge in [-0.3, -0.25) is 0 Å². The summed E-state index contributed by atoms with van der Waals surface area (Å²) in [6.07, 6.45) is 1.95. The van der Waals surface area contributed by atoms with Crippen LogP contribution in [-0.2, 0) is 11.2 Å². The fourth-order valence-corrected chi connectivity index (χ4v) is 2.07. The molecule has 0 bridgehead atoms. The average molecular weight is 226 g/mol. The van der Waals surface area contributed by atoms with Crippen molar-refractivity contribution in [1.82, 2.24) is 0 Å². The van der Waals surface area contributed by atoms with E-state index in [1.165, 1.54) is 5.56 Å². The molecule has 2 N–H and O–H groups in total. The fourth-order valence-electron chi connectivity index (χ4n) is 1.95. The first-order chi connectivity index (χ1) is 7.25. The largest absolute Gasteiger partial charge is 0.381 e. The van der Waals surface area contributed by atoms with Crippen LogP contribution in [0.5, 0.6) is 0 Å². The molecule has 1 aromatic rings. The lowest BCUT2D eigenvalue weighted by molar-refractivity contribution is 0.0422. The summed E-state index contributed by atoms with van der Waals surface area (Å²) in [6.45, 7) is 1.59. The summed E-state index contributed by atoms with van der Waals surface area (Å²) in [5, 5.41) is 0.781. The van der Waals surface area contributed by atoms with Crippen LogP contribution in [0.3, 0.4) is 0 Å². The summed E-state index contributed by atoms with van der Waals surface area (Å²) in [6, 6.07) is 8.24. The van der Waals surface area contributed by atoms with Gasteiger partial charge in [-0.2, -0.15) is 0 Å². The first-order valence-corrected chi connectivity index (χ1v) is 5.71. The predicted molar refractivity (Wildman–Crippen MR) is 62.1 cm³/mol. The topological polar surface area (TPSA) is 35.2 Å². The Balaban J connectivity index is 1.98. The number of hydrogen-bond acceptors (Lipinski definition) is 2. The smallest absolute Gasteiger partial charge is 0.0512 e. The van der Waals surface area contributed by atoms with Gasteiger partial charge in [0.1, 0.15) is 0 Å². The highest BCUT2D eigenvalue weighted by atomic mass is 35.5. The van der Waals surface area contributed by atoms with Crippen molar-refractivity contribution >= 4 is 11.6 Å². The van der Waals surface area contributed by atoms with E-state index in [4.69, 9.17) is 22.1 Å². The minimum absolute atomic E-state index is 0.273. The zero-order chi connectivity index (χ0) is 10.7. The maximum Gasteiger partial charge on any atom is 0.0512 e. The highest BCUT2D eigenvalue weighted by molar-refractivity contribution is 6.30. The van der Waals surface area contributed by atoms with Crippen molar-refractivity contribution < 1.29 is 4.74 Å². The van der Waals surface area contributed by atoms with Crippen LogP contribution in [0.2, 0.25) is 5.02 Å². The van der Waals surface area contributed by atoms with Crippen LogP contribution in [0.15, 0.2) is 24.3 Å². The number of nitrogens with two attached hydrogens (primary N) is 1. The summed E-state index contributed by atoms with van der Waals surface area (Å²) in [5.41, 5.74) is 7.33. The Morgan fingerprint density at radius 2 is 2.07 bits per heavy atom. The van der Waals surface area contributed by atoms with Gasteiger partial charge in [0.2, 0.25) is 0 Å². The van der Waals surface area contributed by atoms with Gasteiger partial charge in [-0.25, -0.2) is 0 Å². The first-order valence-electron chi connectivity index (χ1n) is 5.33. The standard InChI is InChI=1S/C12H16ClNO/c13-11-3-1-9(2-4-11)7-10-8-15-6-5-12(10)14/h1-4,10,12H,5-8,14H2/t10-,12-/m1/s1. The van der Waals surface area contributed by atoms with Crippen LogP contribution >= 0.6 is 11.6 Å².